The van der Waals surface area contributed by atoms with Crippen LogP contribution < -0.4 is 0 Å². The van der Waals surface area contributed by atoms with Crippen molar-refractivity contribution >= 4 is 23.1 Å². The SMILES string of the molecule is Cc1c[nH]c2ncc(-c3cc4c(c([C@@H]5CCCN5C(=O)OC(C)(C)C)c3)CN(CC(=O)O)CC4)cc12. The van der Waals surface area contributed by atoms with E-state index in [1.807, 2.05) is 43.0 Å². The number of aromatic nitrogens is 2. The van der Waals surface area contributed by atoms with Crippen molar-refractivity contribution in [3.8, 4) is 11.1 Å². The second-order valence-electron chi connectivity index (χ2n) is 11.0. The molecule has 8 heteroatoms. The van der Waals surface area contributed by atoms with Crippen LogP contribution in [-0.4, -0.2) is 62.2 Å². The average Bonchev–Trinajstić information content (AvgIpc) is 3.44. The fourth-order valence-electron chi connectivity index (χ4n) is 5.47. The van der Waals surface area contributed by atoms with Gasteiger partial charge in [-0.05, 0) is 86.9 Å². The van der Waals surface area contributed by atoms with E-state index in [9.17, 15) is 14.7 Å². The number of hydrogen-bond acceptors (Lipinski definition) is 5. The molecule has 4 heterocycles. The Bertz CT molecular complexity index is 1320. The Labute approximate surface area is 211 Å². The van der Waals surface area contributed by atoms with Gasteiger partial charge in [0.05, 0.1) is 12.6 Å². The van der Waals surface area contributed by atoms with Crippen LogP contribution in [0.2, 0.25) is 0 Å². The minimum Gasteiger partial charge on any atom is -0.480 e. The van der Waals surface area contributed by atoms with Crippen molar-refractivity contribution in [2.24, 2.45) is 0 Å². The van der Waals surface area contributed by atoms with Gasteiger partial charge in [-0.25, -0.2) is 9.78 Å². The molecule has 1 fully saturated rings. The molecule has 8 nitrogen and oxygen atoms in total. The van der Waals surface area contributed by atoms with E-state index >= 15 is 0 Å². The molecule has 2 aromatic heterocycles. The number of amides is 1. The summed E-state index contributed by atoms with van der Waals surface area (Å²) in [4.78, 5) is 36.2. The zero-order valence-electron chi connectivity index (χ0n) is 21.4. The molecule has 1 atom stereocenters. The fraction of sp³-hybridized carbons (Fsp3) is 0.464. The molecule has 0 bridgehead atoms. The van der Waals surface area contributed by atoms with Crippen LogP contribution in [0.1, 0.15) is 61.9 Å². The second-order valence-corrected chi connectivity index (χ2v) is 11.0. The highest BCUT2D eigenvalue weighted by Gasteiger charge is 2.36. The van der Waals surface area contributed by atoms with Gasteiger partial charge >= 0.3 is 12.1 Å². The number of pyridine rings is 1. The lowest BCUT2D eigenvalue weighted by atomic mass is 9.86. The molecule has 1 amide bonds. The Morgan fingerprint density at radius 1 is 1.19 bits per heavy atom. The summed E-state index contributed by atoms with van der Waals surface area (Å²) >= 11 is 0. The van der Waals surface area contributed by atoms with Crippen molar-refractivity contribution in [1.29, 1.82) is 0 Å². The number of carboxylic acids is 1. The van der Waals surface area contributed by atoms with E-state index in [1.54, 1.807) is 0 Å². The van der Waals surface area contributed by atoms with E-state index in [0.717, 1.165) is 58.1 Å². The Morgan fingerprint density at radius 2 is 2.00 bits per heavy atom. The Morgan fingerprint density at radius 3 is 2.75 bits per heavy atom. The van der Waals surface area contributed by atoms with Crippen molar-refractivity contribution in [2.45, 2.75) is 65.1 Å². The first kappa shape index (κ1) is 24.3. The van der Waals surface area contributed by atoms with Gasteiger partial charge in [0.1, 0.15) is 11.2 Å². The highest BCUT2D eigenvalue weighted by atomic mass is 16.6. The number of carbonyl (C=O) groups excluding carboxylic acids is 1. The molecule has 2 N–H and O–H groups in total. The molecular formula is C28H34N4O4. The van der Waals surface area contributed by atoms with Crippen LogP contribution in [0.15, 0.2) is 30.6 Å². The summed E-state index contributed by atoms with van der Waals surface area (Å²) < 4.78 is 5.74. The maximum Gasteiger partial charge on any atom is 0.410 e. The summed E-state index contributed by atoms with van der Waals surface area (Å²) in [5.41, 5.74) is 6.99. The number of rotatable bonds is 4. The van der Waals surface area contributed by atoms with Gasteiger partial charge in [-0.15, -0.1) is 0 Å². The van der Waals surface area contributed by atoms with Crippen molar-refractivity contribution in [3.05, 3.63) is 52.8 Å². The molecule has 1 aromatic carbocycles. The summed E-state index contributed by atoms with van der Waals surface area (Å²) in [6, 6.07) is 6.46. The molecule has 1 saturated heterocycles. The predicted octanol–water partition coefficient (Wildman–Crippen LogP) is 5.05. The molecular weight excluding hydrogens is 456 g/mol. The molecule has 36 heavy (non-hydrogen) atoms. The van der Waals surface area contributed by atoms with Crippen LogP contribution in [0.25, 0.3) is 22.2 Å². The van der Waals surface area contributed by atoms with Crippen LogP contribution >= 0.6 is 0 Å². The van der Waals surface area contributed by atoms with Gasteiger partial charge in [0, 0.05) is 43.0 Å². The number of hydrogen-bond donors (Lipinski definition) is 2. The highest BCUT2D eigenvalue weighted by Crippen LogP contribution is 2.40. The summed E-state index contributed by atoms with van der Waals surface area (Å²) in [6.45, 7) is 9.62. The molecule has 5 rings (SSSR count). The Kier molecular flexibility index (Phi) is 6.24. The van der Waals surface area contributed by atoms with Crippen LogP contribution in [-0.2, 0) is 22.5 Å². The number of aliphatic carboxylic acids is 1. The molecule has 3 aromatic rings. The van der Waals surface area contributed by atoms with Gasteiger partial charge in [-0.3, -0.25) is 9.69 Å². The van der Waals surface area contributed by atoms with E-state index in [4.69, 9.17) is 4.74 Å². The van der Waals surface area contributed by atoms with Gasteiger partial charge < -0.3 is 19.7 Å². The maximum atomic E-state index is 13.1. The summed E-state index contributed by atoms with van der Waals surface area (Å²) in [5.74, 6) is -0.825. The van der Waals surface area contributed by atoms with Gasteiger partial charge in [-0.1, -0.05) is 6.07 Å². The fourth-order valence-corrected chi connectivity index (χ4v) is 5.47. The molecule has 2 aliphatic rings. The second kappa shape index (κ2) is 9.24. The van der Waals surface area contributed by atoms with Crippen molar-refractivity contribution in [2.75, 3.05) is 19.6 Å². The first-order valence-corrected chi connectivity index (χ1v) is 12.6. The molecule has 0 saturated carbocycles. The third-order valence-electron chi connectivity index (χ3n) is 7.13. The van der Waals surface area contributed by atoms with E-state index in [2.05, 4.69) is 35.1 Å². The minimum absolute atomic E-state index is 0.00836. The molecule has 0 spiro atoms. The van der Waals surface area contributed by atoms with Gasteiger partial charge in [-0.2, -0.15) is 0 Å². The number of likely N-dealkylation sites (tertiary alicyclic amines) is 1. The largest absolute Gasteiger partial charge is 0.480 e. The lowest BCUT2D eigenvalue weighted by Gasteiger charge is -2.34. The number of carboxylic acid groups (broad SMARTS) is 1. The molecule has 0 radical (unpaired) electrons. The van der Waals surface area contributed by atoms with Crippen molar-refractivity contribution in [1.82, 2.24) is 19.8 Å². The number of nitrogens with one attached hydrogen (secondary N) is 1. The van der Waals surface area contributed by atoms with Crippen LogP contribution in [0.3, 0.4) is 0 Å². The van der Waals surface area contributed by atoms with Crippen LogP contribution in [0.4, 0.5) is 4.79 Å². The molecule has 190 valence electrons. The lowest BCUT2D eigenvalue weighted by molar-refractivity contribution is -0.138. The lowest BCUT2D eigenvalue weighted by Crippen LogP contribution is -2.38. The normalized spacial score (nSPS) is 18.4. The van der Waals surface area contributed by atoms with Crippen molar-refractivity contribution < 1.29 is 19.4 Å². The van der Waals surface area contributed by atoms with Crippen molar-refractivity contribution in [3.63, 3.8) is 0 Å². The predicted molar refractivity (Wildman–Crippen MR) is 138 cm³/mol. The standard InChI is InChI=1S/C28H34N4O4/c1-17-13-29-26-21(17)12-20(14-30-26)19-10-18-7-9-31(16-25(33)34)15-23(18)22(11-19)24-6-5-8-32(24)27(35)36-28(2,3)4/h10-14,24H,5-9,15-16H2,1-4H3,(H,29,30)(H,33,34)/t24-/m0/s1. The number of aryl methyl sites for hydroxylation is 1. The van der Waals surface area contributed by atoms with Gasteiger partial charge in [0.15, 0.2) is 0 Å². The third-order valence-corrected chi connectivity index (χ3v) is 7.13. The smallest absolute Gasteiger partial charge is 0.410 e. The highest BCUT2D eigenvalue weighted by molar-refractivity contribution is 5.84. The zero-order chi connectivity index (χ0) is 25.6. The monoisotopic (exact) mass is 490 g/mol. The van der Waals surface area contributed by atoms with Crippen LogP contribution in [0, 0.1) is 6.92 Å². The van der Waals surface area contributed by atoms with E-state index < -0.39 is 11.6 Å². The zero-order valence-corrected chi connectivity index (χ0v) is 21.4. The quantitative estimate of drug-likeness (QED) is 0.531. The van der Waals surface area contributed by atoms with E-state index in [1.165, 1.54) is 5.56 Å². The average molecular weight is 491 g/mol. The van der Waals surface area contributed by atoms with Gasteiger partial charge in [0.25, 0.3) is 0 Å². The molecule has 0 unspecified atom stereocenters. The summed E-state index contributed by atoms with van der Waals surface area (Å²) in [5, 5.41) is 10.5. The number of fused-ring (bicyclic) bond motifs is 2. The summed E-state index contributed by atoms with van der Waals surface area (Å²) in [7, 11) is 0. The first-order chi connectivity index (χ1) is 17.1. The van der Waals surface area contributed by atoms with E-state index in [0.29, 0.717) is 19.6 Å². The number of benzene rings is 1. The number of H-pyrrole nitrogens is 1. The number of nitrogens with zero attached hydrogens (tertiary/aromatic N) is 3. The Balaban J connectivity index is 1.59. The van der Waals surface area contributed by atoms with Gasteiger partial charge in [0.2, 0.25) is 0 Å². The number of carbonyl (C=O) groups is 2. The first-order valence-electron chi connectivity index (χ1n) is 12.6. The van der Waals surface area contributed by atoms with Crippen LogP contribution in [0.5, 0.6) is 0 Å². The maximum absolute atomic E-state index is 13.1. The minimum atomic E-state index is -0.825. The molecule has 2 aliphatic heterocycles. The number of aromatic amines is 1. The molecule has 0 aliphatic carbocycles. The topological polar surface area (TPSA) is 98.8 Å². The summed E-state index contributed by atoms with van der Waals surface area (Å²) in [6.07, 6.45) is 6.08. The Hall–Kier alpha value is -3.39. The van der Waals surface area contributed by atoms with E-state index in [-0.39, 0.29) is 18.7 Å². The number of ether oxygens (including phenoxy) is 1. The third kappa shape index (κ3) is 4.82.